The summed E-state index contributed by atoms with van der Waals surface area (Å²) in [4.78, 5) is 0. The molecule has 2 aromatic rings. The van der Waals surface area contributed by atoms with Gasteiger partial charge in [0.25, 0.3) is 0 Å². The number of methoxy groups -OCH3 is 1. The molecule has 0 bridgehead atoms. The van der Waals surface area contributed by atoms with Gasteiger partial charge in [-0.25, -0.2) is 0 Å². The van der Waals surface area contributed by atoms with Gasteiger partial charge in [-0.3, -0.25) is 4.57 Å². The first-order valence-electron chi connectivity index (χ1n) is 8.33. The number of aromatic nitrogens is 3. The van der Waals surface area contributed by atoms with Crippen LogP contribution < -0.4 is 4.74 Å². The van der Waals surface area contributed by atoms with Crippen LogP contribution in [0.15, 0.2) is 29.4 Å². The van der Waals surface area contributed by atoms with Gasteiger partial charge in [-0.2, -0.15) is 5.26 Å². The van der Waals surface area contributed by atoms with E-state index in [0.29, 0.717) is 17.7 Å². The van der Waals surface area contributed by atoms with Crippen molar-refractivity contribution >= 4 is 11.8 Å². The van der Waals surface area contributed by atoms with Crippen molar-refractivity contribution in [2.45, 2.75) is 43.8 Å². The molecular weight excluding hydrogens is 320 g/mol. The topological polar surface area (TPSA) is 63.7 Å². The lowest BCUT2D eigenvalue weighted by Crippen LogP contribution is -2.22. The molecule has 1 aliphatic rings. The highest BCUT2D eigenvalue weighted by Gasteiger charge is 2.28. The molecule has 1 saturated carbocycles. The number of ether oxygens (including phenoxy) is 1. The monoisotopic (exact) mass is 342 g/mol. The number of benzene rings is 1. The number of nitrogens with zero attached hydrogens (tertiary/aromatic N) is 4. The molecule has 0 saturated heterocycles. The lowest BCUT2D eigenvalue weighted by Gasteiger charge is -2.31. The molecule has 0 spiro atoms. The Morgan fingerprint density at radius 3 is 2.67 bits per heavy atom. The smallest absolute Gasteiger partial charge is 0.192 e. The van der Waals surface area contributed by atoms with Crippen LogP contribution in [-0.2, 0) is 0 Å². The van der Waals surface area contributed by atoms with Crippen LogP contribution in [0.1, 0.15) is 38.6 Å². The maximum atomic E-state index is 8.92. The standard InChI is InChI=1S/C18H22N4OS/c1-13-5-3-4-6-16(13)22-17(20-21-18(22)24-12-11-19)14-7-9-15(23-2)10-8-14/h7-10,13,16H,3-6,12H2,1-2H3/t13-,16-/m1/s1. The number of hydrogen-bond donors (Lipinski definition) is 0. The van der Waals surface area contributed by atoms with Gasteiger partial charge in [0.1, 0.15) is 5.75 Å². The highest BCUT2D eigenvalue weighted by molar-refractivity contribution is 7.99. The van der Waals surface area contributed by atoms with Crippen molar-refractivity contribution in [1.29, 1.82) is 5.26 Å². The van der Waals surface area contributed by atoms with Crippen LogP contribution in [0, 0.1) is 17.2 Å². The van der Waals surface area contributed by atoms with E-state index in [-0.39, 0.29) is 0 Å². The molecule has 0 unspecified atom stereocenters. The first-order valence-corrected chi connectivity index (χ1v) is 9.32. The summed E-state index contributed by atoms with van der Waals surface area (Å²) >= 11 is 1.47. The molecule has 1 fully saturated rings. The van der Waals surface area contributed by atoms with Crippen molar-refractivity contribution in [1.82, 2.24) is 14.8 Å². The zero-order valence-electron chi connectivity index (χ0n) is 14.1. The molecule has 0 radical (unpaired) electrons. The Kier molecular flexibility index (Phi) is 5.41. The van der Waals surface area contributed by atoms with Crippen molar-refractivity contribution < 1.29 is 4.74 Å². The van der Waals surface area contributed by atoms with Gasteiger partial charge in [-0.1, -0.05) is 31.5 Å². The third-order valence-electron chi connectivity index (χ3n) is 4.68. The minimum absolute atomic E-state index is 0.391. The maximum absolute atomic E-state index is 8.92. The summed E-state index contributed by atoms with van der Waals surface area (Å²) in [6.07, 6.45) is 4.89. The molecule has 1 heterocycles. The molecule has 1 aromatic heterocycles. The minimum atomic E-state index is 0.391. The van der Waals surface area contributed by atoms with Gasteiger partial charge in [0.15, 0.2) is 11.0 Å². The van der Waals surface area contributed by atoms with E-state index in [0.717, 1.165) is 28.7 Å². The van der Waals surface area contributed by atoms with Gasteiger partial charge in [0.2, 0.25) is 0 Å². The van der Waals surface area contributed by atoms with Gasteiger partial charge >= 0.3 is 0 Å². The molecule has 1 aromatic carbocycles. The van der Waals surface area contributed by atoms with Crippen LogP contribution in [0.25, 0.3) is 11.4 Å². The summed E-state index contributed by atoms with van der Waals surface area (Å²) in [5, 5.41) is 18.6. The largest absolute Gasteiger partial charge is 0.497 e. The predicted octanol–water partition coefficient (Wildman–Crippen LogP) is 4.32. The van der Waals surface area contributed by atoms with Crippen molar-refractivity contribution in [3.63, 3.8) is 0 Å². The van der Waals surface area contributed by atoms with Gasteiger partial charge in [0.05, 0.1) is 18.9 Å². The maximum Gasteiger partial charge on any atom is 0.192 e. The van der Waals surface area contributed by atoms with Crippen molar-refractivity contribution in [3.05, 3.63) is 24.3 Å². The fraction of sp³-hybridized carbons (Fsp3) is 0.500. The Balaban J connectivity index is 2.01. The summed E-state index contributed by atoms with van der Waals surface area (Å²) in [5.74, 6) is 2.70. The fourth-order valence-corrected chi connectivity index (χ4v) is 4.04. The average Bonchev–Trinajstić information content (AvgIpc) is 3.04. The lowest BCUT2D eigenvalue weighted by atomic mass is 9.85. The molecule has 24 heavy (non-hydrogen) atoms. The first-order chi connectivity index (χ1) is 11.7. The highest BCUT2D eigenvalue weighted by Crippen LogP contribution is 2.39. The zero-order valence-corrected chi connectivity index (χ0v) is 14.9. The van der Waals surface area contributed by atoms with E-state index in [4.69, 9.17) is 10.00 Å². The molecule has 2 atom stereocenters. The second-order valence-corrected chi connectivity index (χ2v) is 7.12. The fourth-order valence-electron chi connectivity index (χ4n) is 3.39. The number of rotatable bonds is 5. The van der Waals surface area contributed by atoms with Gasteiger partial charge in [-0.15, -0.1) is 10.2 Å². The number of hydrogen-bond acceptors (Lipinski definition) is 5. The van der Waals surface area contributed by atoms with Crippen LogP contribution in [0.2, 0.25) is 0 Å². The quantitative estimate of drug-likeness (QED) is 0.757. The SMILES string of the molecule is COc1ccc(-c2nnc(SCC#N)n2[C@@H]2CCCC[C@H]2C)cc1. The molecule has 5 nitrogen and oxygen atoms in total. The van der Waals surface area contributed by atoms with Gasteiger partial charge in [-0.05, 0) is 43.0 Å². The molecule has 0 N–H and O–H groups in total. The number of thioether (sulfide) groups is 1. The third kappa shape index (κ3) is 3.41. The van der Waals surface area contributed by atoms with Gasteiger partial charge < -0.3 is 4.74 Å². The first kappa shape index (κ1) is 16.8. The van der Waals surface area contributed by atoms with E-state index in [1.807, 2.05) is 24.3 Å². The normalized spacial score (nSPS) is 20.5. The van der Waals surface area contributed by atoms with Crippen molar-refractivity contribution in [2.24, 2.45) is 5.92 Å². The van der Waals surface area contributed by atoms with Crippen LogP contribution in [0.5, 0.6) is 5.75 Å². The third-order valence-corrected chi connectivity index (χ3v) is 5.49. The average molecular weight is 342 g/mol. The highest BCUT2D eigenvalue weighted by atomic mass is 32.2. The van der Waals surface area contributed by atoms with E-state index in [9.17, 15) is 0 Å². The Morgan fingerprint density at radius 2 is 2.00 bits per heavy atom. The second kappa shape index (κ2) is 7.71. The number of nitriles is 1. The van der Waals surface area contributed by atoms with E-state index in [1.165, 1.54) is 31.0 Å². The van der Waals surface area contributed by atoms with E-state index in [1.54, 1.807) is 7.11 Å². The van der Waals surface area contributed by atoms with E-state index in [2.05, 4.69) is 27.8 Å². The molecule has 3 rings (SSSR count). The summed E-state index contributed by atoms with van der Waals surface area (Å²) in [5.41, 5.74) is 1.03. The lowest BCUT2D eigenvalue weighted by molar-refractivity contribution is 0.247. The summed E-state index contributed by atoms with van der Waals surface area (Å²) in [6, 6.07) is 10.5. The summed E-state index contributed by atoms with van der Waals surface area (Å²) < 4.78 is 7.50. The predicted molar refractivity (Wildman–Crippen MR) is 95.0 cm³/mol. The molecule has 126 valence electrons. The minimum Gasteiger partial charge on any atom is -0.497 e. The Morgan fingerprint density at radius 1 is 1.25 bits per heavy atom. The Bertz CT molecular complexity index is 720. The van der Waals surface area contributed by atoms with E-state index < -0.39 is 0 Å². The molecular formula is C18H22N4OS. The Labute approximate surface area is 147 Å². The zero-order chi connectivity index (χ0) is 16.9. The van der Waals surface area contributed by atoms with Crippen LogP contribution >= 0.6 is 11.8 Å². The molecule has 6 heteroatoms. The van der Waals surface area contributed by atoms with Gasteiger partial charge in [0, 0.05) is 11.6 Å². The molecule has 1 aliphatic carbocycles. The van der Waals surface area contributed by atoms with Crippen molar-refractivity contribution in [2.75, 3.05) is 12.9 Å². The summed E-state index contributed by atoms with van der Waals surface area (Å²) in [7, 11) is 1.66. The molecule has 0 amide bonds. The van der Waals surface area contributed by atoms with Crippen LogP contribution in [-0.4, -0.2) is 27.6 Å². The van der Waals surface area contributed by atoms with Crippen LogP contribution in [0.3, 0.4) is 0 Å². The van der Waals surface area contributed by atoms with E-state index >= 15 is 0 Å². The molecule has 0 aliphatic heterocycles. The Hall–Kier alpha value is -2.00. The second-order valence-electron chi connectivity index (χ2n) is 6.18. The van der Waals surface area contributed by atoms with Crippen LogP contribution in [0.4, 0.5) is 0 Å². The summed E-state index contributed by atoms with van der Waals surface area (Å²) in [6.45, 7) is 2.31. The van der Waals surface area contributed by atoms with Crippen molar-refractivity contribution in [3.8, 4) is 23.2 Å².